The number of aromatic nitrogens is 2. The Morgan fingerprint density at radius 2 is 2.05 bits per heavy atom. The summed E-state index contributed by atoms with van der Waals surface area (Å²) in [5.74, 6) is 1.22. The van der Waals surface area contributed by atoms with E-state index in [0.29, 0.717) is 25.0 Å². The Balaban J connectivity index is 2.14. The first-order chi connectivity index (χ1) is 9.78. The molecule has 5 nitrogen and oxygen atoms in total. The van der Waals surface area contributed by atoms with E-state index in [1.165, 1.54) is 4.88 Å². The van der Waals surface area contributed by atoms with Gasteiger partial charge in [-0.3, -0.25) is 0 Å². The zero-order valence-electron chi connectivity index (χ0n) is 12.2. The van der Waals surface area contributed by atoms with Crippen LogP contribution in [0.3, 0.4) is 0 Å². The standard InChI is InChI=1S/C14H21N3O2S/c1-4-6-18-7-8-19-12-11-9-10(5-2)20-13(11)17-14(15-3)16-12/h9H,4-8H2,1-3H3,(H,15,16,17). The van der Waals surface area contributed by atoms with Crippen molar-refractivity contribution in [2.45, 2.75) is 26.7 Å². The van der Waals surface area contributed by atoms with Crippen molar-refractivity contribution in [3.8, 4) is 5.88 Å². The first kappa shape index (κ1) is 15.0. The number of anilines is 1. The van der Waals surface area contributed by atoms with Crippen LogP contribution >= 0.6 is 11.3 Å². The molecule has 0 unspecified atom stereocenters. The van der Waals surface area contributed by atoms with Crippen molar-refractivity contribution in [2.24, 2.45) is 0 Å². The third-order valence-electron chi connectivity index (χ3n) is 2.80. The largest absolute Gasteiger partial charge is 0.475 e. The van der Waals surface area contributed by atoms with Gasteiger partial charge >= 0.3 is 0 Å². The number of fused-ring (bicyclic) bond motifs is 1. The minimum Gasteiger partial charge on any atom is -0.475 e. The SMILES string of the molecule is CCCOCCOc1nc(NC)nc2sc(CC)cc12. The van der Waals surface area contributed by atoms with Gasteiger partial charge in [0, 0.05) is 18.5 Å². The van der Waals surface area contributed by atoms with Crippen molar-refractivity contribution in [3.05, 3.63) is 10.9 Å². The molecule has 2 heterocycles. The number of hydrogen-bond acceptors (Lipinski definition) is 6. The van der Waals surface area contributed by atoms with Crippen LogP contribution in [0.15, 0.2) is 6.07 Å². The van der Waals surface area contributed by atoms with Crippen LogP contribution in [0.25, 0.3) is 10.2 Å². The Bertz CT molecular complexity index is 557. The molecule has 0 saturated carbocycles. The molecule has 20 heavy (non-hydrogen) atoms. The van der Waals surface area contributed by atoms with Crippen LogP contribution in [-0.2, 0) is 11.2 Å². The Kier molecular flexibility index (Phi) is 5.55. The second-order valence-electron chi connectivity index (χ2n) is 4.35. The van der Waals surface area contributed by atoms with Crippen LogP contribution in [0.4, 0.5) is 5.95 Å². The molecule has 0 aliphatic rings. The first-order valence-corrected chi connectivity index (χ1v) is 7.78. The molecule has 110 valence electrons. The summed E-state index contributed by atoms with van der Waals surface area (Å²) in [6.45, 7) is 6.08. The molecule has 0 radical (unpaired) electrons. The van der Waals surface area contributed by atoms with Crippen LogP contribution < -0.4 is 10.1 Å². The maximum atomic E-state index is 5.76. The quantitative estimate of drug-likeness (QED) is 0.758. The summed E-state index contributed by atoms with van der Waals surface area (Å²) in [5, 5.41) is 3.96. The molecule has 0 spiro atoms. The molecule has 0 aromatic carbocycles. The van der Waals surface area contributed by atoms with E-state index in [4.69, 9.17) is 9.47 Å². The van der Waals surface area contributed by atoms with Crippen molar-refractivity contribution in [1.82, 2.24) is 9.97 Å². The molecule has 6 heteroatoms. The normalized spacial score (nSPS) is 10.9. The van der Waals surface area contributed by atoms with E-state index in [9.17, 15) is 0 Å². The molecule has 0 aliphatic heterocycles. The third kappa shape index (κ3) is 3.58. The Hall–Kier alpha value is -1.40. The average Bonchev–Trinajstić information content (AvgIpc) is 2.89. The second-order valence-corrected chi connectivity index (χ2v) is 5.46. The van der Waals surface area contributed by atoms with Crippen molar-refractivity contribution in [1.29, 1.82) is 0 Å². The Labute approximate surface area is 123 Å². The van der Waals surface area contributed by atoms with Gasteiger partial charge in [0.1, 0.15) is 11.4 Å². The summed E-state index contributed by atoms with van der Waals surface area (Å²) in [6.07, 6.45) is 2.01. The summed E-state index contributed by atoms with van der Waals surface area (Å²) >= 11 is 1.69. The highest BCUT2D eigenvalue weighted by atomic mass is 32.1. The van der Waals surface area contributed by atoms with Crippen molar-refractivity contribution >= 4 is 27.5 Å². The number of nitrogens with one attached hydrogen (secondary N) is 1. The van der Waals surface area contributed by atoms with Gasteiger partial charge in [-0.15, -0.1) is 11.3 Å². The Morgan fingerprint density at radius 1 is 1.20 bits per heavy atom. The summed E-state index contributed by atoms with van der Waals surface area (Å²) < 4.78 is 11.2. The fourth-order valence-corrected chi connectivity index (χ4v) is 2.74. The highest BCUT2D eigenvalue weighted by molar-refractivity contribution is 7.18. The highest BCUT2D eigenvalue weighted by Gasteiger charge is 2.12. The summed E-state index contributed by atoms with van der Waals surface area (Å²) in [7, 11) is 1.81. The maximum absolute atomic E-state index is 5.76. The predicted octanol–water partition coefficient (Wildman–Crippen LogP) is 3.10. The zero-order valence-corrected chi connectivity index (χ0v) is 13.0. The third-order valence-corrected chi connectivity index (χ3v) is 3.97. The molecule has 0 bridgehead atoms. The lowest BCUT2D eigenvalue weighted by molar-refractivity contribution is 0.0996. The van der Waals surface area contributed by atoms with Gasteiger partial charge in [-0.05, 0) is 18.9 Å². The predicted molar refractivity (Wildman–Crippen MR) is 82.9 cm³/mol. The highest BCUT2D eigenvalue weighted by Crippen LogP contribution is 2.31. The van der Waals surface area contributed by atoms with Crippen molar-refractivity contribution in [3.63, 3.8) is 0 Å². The molecule has 0 saturated heterocycles. The fourth-order valence-electron chi connectivity index (χ4n) is 1.78. The molecular formula is C14H21N3O2S. The number of ether oxygens (including phenoxy) is 2. The Morgan fingerprint density at radius 3 is 2.75 bits per heavy atom. The molecule has 2 aromatic heterocycles. The number of thiophene rings is 1. The molecule has 1 N–H and O–H groups in total. The van der Waals surface area contributed by atoms with Crippen LogP contribution in [-0.4, -0.2) is 36.8 Å². The van der Waals surface area contributed by atoms with Gasteiger partial charge in [-0.2, -0.15) is 4.98 Å². The average molecular weight is 295 g/mol. The summed E-state index contributed by atoms with van der Waals surface area (Å²) in [5.41, 5.74) is 0. The summed E-state index contributed by atoms with van der Waals surface area (Å²) in [4.78, 5) is 11.1. The minimum atomic E-state index is 0.507. The molecule has 0 fully saturated rings. The van der Waals surface area contributed by atoms with E-state index < -0.39 is 0 Å². The smallest absolute Gasteiger partial charge is 0.227 e. The van der Waals surface area contributed by atoms with E-state index in [1.807, 2.05) is 7.05 Å². The minimum absolute atomic E-state index is 0.507. The number of hydrogen-bond donors (Lipinski definition) is 1. The van der Waals surface area contributed by atoms with Gasteiger partial charge < -0.3 is 14.8 Å². The van der Waals surface area contributed by atoms with Crippen molar-refractivity contribution in [2.75, 3.05) is 32.2 Å². The lowest BCUT2D eigenvalue weighted by Gasteiger charge is -2.08. The van der Waals surface area contributed by atoms with Gasteiger partial charge in [0.25, 0.3) is 0 Å². The van der Waals surface area contributed by atoms with Crippen molar-refractivity contribution < 1.29 is 9.47 Å². The summed E-state index contributed by atoms with van der Waals surface area (Å²) in [6, 6.07) is 2.11. The molecule has 2 aromatic rings. The second kappa shape index (κ2) is 7.40. The van der Waals surface area contributed by atoms with Crippen LogP contribution in [0.1, 0.15) is 25.1 Å². The molecular weight excluding hydrogens is 274 g/mol. The van der Waals surface area contributed by atoms with Gasteiger partial charge in [0.15, 0.2) is 0 Å². The van der Waals surface area contributed by atoms with E-state index in [-0.39, 0.29) is 0 Å². The van der Waals surface area contributed by atoms with Gasteiger partial charge in [-0.1, -0.05) is 13.8 Å². The lowest BCUT2D eigenvalue weighted by atomic mass is 10.3. The van der Waals surface area contributed by atoms with E-state index in [1.54, 1.807) is 11.3 Å². The molecule has 0 amide bonds. The van der Waals surface area contributed by atoms with Crippen LogP contribution in [0, 0.1) is 0 Å². The van der Waals surface area contributed by atoms with Gasteiger partial charge in [-0.25, -0.2) is 4.98 Å². The molecule has 0 atom stereocenters. The van der Waals surface area contributed by atoms with Gasteiger partial charge in [0.2, 0.25) is 11.8 Å². The maximum Gasteiger partial charge on any atom is 0.227 e. The van der Waals surface area contributed by atoms with E-state index in [2.05, 4.69) is 35.2 Å². The van der Waals surface area contributed by atoms with Crippen LogP contribution in [0.5, 0.6) is 5.88 Å². The number of aryl methyl sites for hydroxylation is 1. The monoisotopic (exact) mass is 295 g/mol. The molecule has 2 rings (SSSR count). The molecule has 0 aliphatic carbocycles. The number of nitrogens with zero attached hydrogens (tertiary/aromatic N) is 2. The lowest BCUT2D eigenvalue weighted by Crippen LogP contribution is -2.09. The fraction of sp³-hybridized carbons (Fsp3) is 0.571. The zero-order chi connectivity index (χ0) is 14.4. The first-order valence-electron chi connectivity index (χ1n) is 6.97. The topological polar surface area (TPSA) is 56.3 Å². The van der Waals surface area contributed by atoms with Crippen LogP contribution in [0.2, 0.25) is 0 Å². The van der Waals surface area contributed by atoms with Gasteiger partial charge in [0.05, 0.1) is 12.0 Å². The number of rotatable bonds is 8. The van der Waals surface area contributed by atoms with E-state index in [0.717, 1.165) is 29.7 Å². The van der Waals surface area contributed by atoms with E-state index >= 15 is 0 Å².